The van der Waals surface area contributed by atoms with Crippen molar-refractivity contribution in [3.8, 4) is 0 Å². The lowest BCUT2D eigenvalue weighted by molar-refractivity contribution is 0.495. The summed E-state index contributed by atoms with van der Waals surface area (Å²) in [6, 6.07) is 6.34. The molecular formula is C13H15BrN2O. The number of pyridine rings is 1. The third kappa shape index (κ3) is 3.89. The second kappa shape index (κ2) is 5.87. The van der Waals surface area contributed by atoms with Crippen LogP contribution in [0.5, 0.6) is 0 Å². The molecule has 1 unspecified atom stereocenters. The van der Waals surface area contributed by atoms with Crippen LogP contribution in [0.3, 0.4) is 0 Å². The largest absolute Gasteiger partial charge is 0.469 e. The van der Waals surface area contributed by atoms with Crippen molar-refractivity contribution in [2.24, 2.45) is 0 Å². The number of hydrogen-bond donors (Lipinski definition) is 1. The molecule has 0 aliphatic heterocycles. The van der Waals surface area contributed by atoms with Gasteiger partial charge in [0.15, 0.2) is 0 Å². The van der Waals surface area contributed by atoms with Gasteiger partial charge in [-0.15, -0.1) is 0 Å². The highest BCUT2D eigenvalue weighted by molar-refractivity contribution is 9.10. The molecule has 0 aliphatic rings. The van der Waals surface area contributed by atoms with E-state index in [0.29, 0.717) is 6.04 Å². The van der Waals surface area contributed by atoms with E-state index in [1.54, 1.807) is 12.5 Å². The zero-order chi connectivity index (χ0) is 12.1. The lowest BCUT2D eigenvalue weighted by Crippen LogP contribution is -2.15. The van der Waals surface area contributed by atoms with Crippen LogP contribution < -0.4 is 5.32 Å². The van der Waals surface area contributed by atoms with E-state index in [1.165, 1.54) is 0 Å². The first kappa shape index (κ1) is 12.2. The normalized spacial score (nSPS) is 12.4. The van der Waals surface area contributed by atoms with Crippen molar-refractivity contribution < 1.29 is 4.42 Å². The number of aryl methyl sites for hydroxylation is 1. The maximum absolute atomic E-state index is 5.31. The van der Waals surface area contributed by atoms with Gasteiger partial charge in [0.05, 0.1) is 18.1 Å². The maximum atomic E-state index is 5.31. The minimum Gasteiger partial charge on any atom is -0.469 e. The lowest BCUT2D eigenvalue weighted by atomic mass is 10.1. The number of rotatable bonds is 5. The molecule has 17 heavy (non-hydrogen) atoms. The van der Waals surface area contributed by atoms with E-state index in [9.17, 15) is 0 Å². The molecule has 0 radical (unpaired) electrons. The summed E-state index contributed by atoms with van der Waals surface area (Å²) in [4.78, 5) is 4.12. The average Bonchev–Trinajstić information content (AvgIpc) is 2.79. The molecule has 2 rings (SSSR count). The fourth-order valence-electron chi connectivity index (χ4n) is 1.66. The molecular weight excluding hydrogens is 280 g/mol. The molecule has 0 amide bonds. The van der Waals surface area contributed by atoms with Crippen LogP contribution >= 0.6 is 15.9 Å². The van der Waals surface area contributed by atoms with E-state index in [1.807, 2.05) is 24.4 Å². The lowest BCUT2D eigenvalue weighted by Gasteiger charge is -2.14. The molecule has 0 aliphatic carbocycles. The predicted molar refractivity (Wildman–Crippen MR) is 72.1 cm³/mol. The van der Waals surface area contributed by atoms with Crippen LogP contribution in [0.4, 0.5) is 5.69 Å². The number of furan rings is 1. The van der Waals surface area contributed by atoms with Crippen molar-refractivity contribution in [2.45, 2.75) is 25.8 Å². The Morgan fingerprint density at radius 1 is 1.47 bits per heavy atom. The third-order valence-corrected chi connectivity index (χ3v) is 2.96. The van der Waals surface area contributed by atoms with Crippen LogP contribution in [0.15, 0.2) is 45.7 Å². The first-order valence-electron chi connectivity index (χ1n) is 5.63. The van der Waals surface area contributed by atoms with Gasteiger partial charge in [0, 0.05) is 23.1 Å². The first-order valence-corrected chi connectivity index (χ1v) is 6.43. The highest BCUT2D eigenvalue weighted by Crippen LogP contribution is 2.16. The van der Waals surface area contributed by atoms with Crippen LogP contribution in [0.2, 0.25) is 0 Å². The van der Waals surface area contributed by atoms with Gasteiger partial charge in [0.2, 0.25) is 0 Å². The smallest absolute Gasteiger partial charge is 0.103 e. The molecule has 0 saturated carbocycles. The fourth-order valence-corrected chi connectivity index (χ4v) is 2.03. The topological polar surface area (TPSA) is 38.1 Å². The summed E-state index contributed by atoms with van der Waals surface area (Å²) >= 11 is 3.41. The number of halogens is 1. The Balaban J connectivity index is 1.83. The quantitative estimate of drug-likeness (QED) is 0.910. The van der Waals surface area contributed by atoms with Crippen molar-refractivity contribution in [3.63, 3.8) is 0 Å². The predicted octanol–water partition coefficient (Wildman–Crippen LogP) is 3.87. The van der Waals surface area contributed by atoms with Crippen LogP contribution in [-0.4, -0.2) is 11.0 Å². The van der Waals surface area contributed by atoms with Crippen LogP contribution in [0.25, 0.3) is 0 Å². The van der Waals surface area contributed by atoms with Crippen molar-refractivity contribution in [3.05, 3.63) is 47.1 Å². The second-order valence-corrected chi connectivity index (χ2v) is 4.97. The molecule has 0 bridgehead atoms. The summed E-state index contributed by atoms with van der Waals surface area (Å²) < 4.78 is 6.29. The fraction of sp³-hybridized carbons (Fsp3) is 0.308. The first-order chi connectivity index (χ1) is 8.24. The van der Waals surface area contributed by atoms with E-state index in [0.717, 1.165) is 28.8 Å². The van der Waals surface area contributed by atoms with Gasteiger partial charge >= 0.3 is 0 Å². The van der Waals surface area contributed by atoms with Gasteiger partial charge in [0.1, 0.15) is 5.76 Å². The Morgan fingerprint density at radius 3 is 3.06 bits per heavy atom. The second-order valence-electron chi connectivity index (χ2n) is 4.06. The molecule has 2 aromatic heterocycles. The Hall–Kier alpha value is -1.29. The van der Waals surface area contributed by atoms with Crippen molar-refractivity contribution in [2.75, 3.05) is 5.32 Å². The van der Waals surface area contributed by atoms with E-state index >= 15 is 0 Å². The molecule has 0 fully saturated rings. The molecule has 0 saturated heterocycles. The number of anilines is 1. The van der Waals surface area contributed by atoms with Gasteiger partial charge in [0.25, 0.3) is 0 Å². The van der Waals surface area contributed by atoms with E-state index in [2.05, 4.69) is 33.2 Å². The Kier molecular flexibility index (Phi) is 4.20. The third-order valence-electron chi connectivity index (χ3n) is 2.52. The Bertz CT molecular complexity index is 456. The van der Waals surface area contributed by atoms with E-state index < -0.39 is 0 Å². The number of hydrogen-bond acceptors (Lipinski definition) is 3. The van der Waals surface area contributed by atoms with Gasteiger partial charge in [-0.05, 0) is 47.5 Å². The van der Waals surface area contributed by atoms with E-state index in [-0.39, 0.29) is 0 Å². The standard InChI is InChI=1S/C13H15BrN2O/c1-10(4-5-13-3-2-6-17-13)16-12-7-11(14)8-15-9-12/h2-3,6-10,16H,4-5H2,1H3. The van der Waals surface area contributed by atoms with Gasteiger partial charge in [-0.25, -0.2) is 0 Å². The zero-order valence-electron chi connectivity index (χ0n) is 9.69. The molecule has 2 heterocycles. The Labute approximate surface area is 109 Å². The number of nitrogens with zero attached hydrogens (tertiary/aromatic N) is 1. The summed E-state index contributed by atoms with van der Waals surface area (Å²) in [5.74, 6) is 1.03. The molecule has 4 heteroatoms. The van der Waals surface area contributed by atoms with Crippen LogP contribution in [-0.2, 0) is 6.42 Å². The summed E-state index contributed by atoms with van der Waals surface area (Å²) in [6.45, 7) is 2.16. The van der Waals surface area contributed by atoms with Gasteiger partial charge < -0.3 is 9.73 Å². The SMILES string of the molecule is CC(CCc1ccco1)Nc1cncc(Br)c1. The monoisotopic (exact) mass is 294 g/mol. The van der Waals surface area contributed by atoms with Crippen molar-refractivity contribution >= 4 is 21.6 Å². The van der Waals surface area contributed by atoms with E-state index in [4.69, 9.17) is 4.42 Å². The molecule has 1 N–H and O–H groups in total. The Morgan fingerprint density at radius 2 is 2.35 bits per heavy atom. The molecule has 1 atom stereocenters. The number of aromatic nitrogens is 1. The minimum atomic E-state index is 0.385. The summed E-state index contributed by atoms with van der Waals surface area (Å²) in [5.41, 5.74) is 1.03. The summed E-state index contributed by atoms with van der Waals surface area (Å²) in [7, 11) is 0. The van der Waals surface area contributed by atoms with Crippen molar-refractivity contribution in [1.82, 2.24) is 4.98 Å². The molecule has 0 aromatic carbocycles. The van der Waals surface area contributed by atoms with Crippen LogP contribution in [0, 0.1) is 0 Å². The average molecular weight is 295 g/mol. The van der Waals surface area contributed by atoms with Gasteiger partial charge in [-0.3, -0.25) is 4.98 Å². The summed E-state index contributed by atoms with van der Waals surface area (Å²) in [5, 5.41) is 3.41. The minimum absolute atomic E-state index is 0.385. The number of nitrogens with one attached hydrogen (secondary N) is 1. The maximum Gasteiger partial charge on any atom is 0.103 e. The highest BCUT2D eigenvalue weighted by atomic mass is 79.9. The molecule has 2 aromatic rings. The molecule has 3 nitrogen and oxygen atoms in total. The van der Waals surface area contributed by atoms with Gasteiger partial charge in [-0.1, -0.05) is 0 Å². The van der Waals surface area contributed by atoms with Crippen molar-refractivity contribution in [1.29, 1.82) is 0 Å². The molecule has 90 valence electrons. The molecule has 0 spiro atoms. The highest BCUT2D eigenvalue weighted by Gasteiger charge is 2.04. The summed E-state index contributed by atoms with van der Waals surface area (Å²) in [6.07, 6.45) is 7.29. The zero-order valence-corrected chi connectivity index (χ0v) is 11.3. The van der Waals surface area contributed by atoms with Crippen LogP contribution in [0.1, 0.15) is 19.1 Å². The van der Waals surface area contributed by atoms with Gasteiger partial charge in [-0.2, -0.15) is 0 Å².